The predicted octanol–water partition coefficient (Wildman–Crippen LogP) is 4.24. The van der Waals surface area contributed by atoms with Crippen molar-refractivity contribution in [2.75, 3.05) is 5.33 Å². The number of alkyl halides is 1. The first kappa shape index (κ1) is 13.6. The fraction of sp³-hybridized carbons (Fsp3) is 0.571. The van der Waals surface area contributed by atoms with Crippen molar-refractivity contribution < 1.29 is 5.11 Å². The molecule has 0 aromatic heterocycles. The van der Waals surface area contributed by atoms with E-state index in [9.17, 15) is 5.11 Å². The van der Waals surface area contributed by atoms with Crippen molar-refractivity contribution in [2.45, 2.75) is 46.5 Å². The fourth-order valence-corrected chi connectivity index (χ4v) is 2.46. The van der Waals surface area contributed by atoms with E-state index in [-0.39, 0.29) is 5.41 Å². The molecule has 1 aromatic carbocycles. The van der Waals surface area contributed by atoms with Crippen LogP contribution in [0.2, 0.25) is 0 Å². The van der Waals surface area contributed by atoms with Gasteiger partial charge in [0.2, 0.25) is 0 Å². The average molecular weight is 285 g/mol. The molecule has 0 amide bonds. The first-order chi connectivity index (χ1) is 7.29. The molecule has 0 saturated heterocycles. The Kier molecular flexibility index (Phi) is 4.06. The van der Waals surface area contributed by atoms with Gasteiger partial charge in [0.15, 0.2) is 0 Å². The van der Waals surface area contributed by atoms with Gasteiger partial charge in [-0.15, -0.1) is 0 Å². The lowest BCUT2D eigenvalue weighted by Gasteiger charge is -2.24. The lowest BCUT2D eigenvalue weighted by atomic mass is 9.82. The van der Waals surface area contributed by atoms with Crippen molar-refractivity contribution in [1.82, 2.24) is 0 Å². The molecular weight excluding hydrogens is 264 g/mol. The molecule has 1 nitrogen and oxygen atoms in total. The van der Waals surface area contributed by atoms with Crippen LogP contribution in [0.4, 0.5) is 0 Å². The van der Waals surface area contributed by atoms with Gasteiger partial charge in [0.25, 0.3) is 0 Å². The van der Waals surface area contributed by atoms with Crippen LogP contribution in [-0.2, 0) is 11.8 Å². The number of phenols is 1. The van der Waals surface area contributed by atoms with Crippen LogP contribution in [0.3, 0.4) is 0 Å². The first-order valence-corrected chi connectivity index (χ1v) is 6.79. The van der Waals surface area contributed by atoms with Crippen molar-refractivity contribution in [3.8, 4) is 5.75 Å². The number of phenolic OH excluding ortho intramolecular Hbond substituents is 1. The molecule has 16 heavy (non-hydrogen) atoms. The molecule has 0 saturated carbocycles. The number of halogens is 1. The maximum Gasteiger partial charge on any atom is 0.122 e. The normalized spacial score (nSPS) is 11.9. The van der Waals surface area contributed by atoms with Gasteiger partial charge in [0, 0.05) is 5.33 Å². The second-order valence-electron chi connectivity index (χ2n) is 5.38. The van der Waals surface area contributed by atoms with E-state index in [1.54, 1.807) is 0 Å². The van der Waals surface area contributed by atoms with E-state index < -0.39 is 0 Å². The summed E-state index contributed by atoms with van der Waals surface area (Å²) >= 11 is 3.46. The van der Waals surface area contributed by atoms with Gasteiger partial charge in [-0.25, -0.2) is 0 Å². The second kappa shape index (κ2) is 4.79. The molecule has 0 aliphatic heterocycles. The van der Waals surface area contributed by atoms with Crippen molar-refractivity contribution in [3.63, 3.8) is 0 Å². The monoisotopic (exact) mass is 284 g/mol. The average Bonchev–Trinajstić information content (AvgIpc) is 2.16. The molecule has 0 atom stereocenters. The van der Waals surface area contributed by atoms with E-state index in [0.717, 1.165) is 22.9 Å². The fourth-order valence-electron chi connectivity index (χ4n) is 2.06. The molecule has 1 aromatic rings. The zero-order valence-corrected chi connectivity index (χ0v) is 12.4. The molecule has 1 N–H and O–H groups in total. The third-order valence-electron chi connectivity index (χ3n) is 3.05. The smallest absolute Gasteiger partial charge is 0.122 e. The van der Waals surface area contributed by atoms with Crippen LogP contribution in [0.15, 0.2) is 6.07 Å². The quantitative estimate of drug-likeness (QED) is 0.806. The van der Waals surface area contributed by atoms with E-state index in [4.69, 9.17) is 0 Å². The highest BCUT2D eigenvalue weighted by Crippen LogP contribution is 2.36. The summed E-state index contributed by atoms with van der Waals surface area (Å²) < 4.78 is 0. The summed E-state index contributed by atoms with van der Waals surface area (Å²) in [4.78, 5) is 0. The van der Waals surface area contributed by atoms with Crippen LogP contribution >= 0.6 is 15.9 Å². The highest BCUT2D eigenvalue weighted by Gasteiger charge is 2.21. The molecule has 2 heteroatoms. The van der Waals surface area contributed by atoms with Gasteiger partial charge >= 0.3 is 0 Å². The lowest BCUT2D eigenvalue weighted by Crippen LogP contribution is -2.13. The molecule has 0 bridgehead atoms. The van der Waals surface area contributed by atoms with Gasteiger partial charge in [-0.1, -0.05) is 42.8 Å². The number of rotatable bonds is 2. The Morgan fingerprint density at radius 3 is 2.25 bits per heavy atom. The first-order valence-electron chi connectivity index (χ1n) is 5.67. The molecule has 0 radical (unpaired) electrons. The highest BCUT2D eigenvalue weighted by molar-refractivity contribution is 9.09. The Morgan fingerprint density at radius 2 is 1.81 bits per heavy atom. The topological polar surface area (TPSA) is 20.2 Å². The van der Waals surface area contributed by atoms with E-state index in [1.165, 1.54) is 11.1 Å². The van der Waals surface area contributed by atoms with Gasteiger partial charge in [-0.2, -0.15) is 0 Å². The summed E-state index contributed by atoms with van der Waals surface area (Å²) in [6.45, 7) is 10.5. The molecule has 0 aliphatic carbocycles. The zero-order valence-electron chi connectivity index (χ0n) is 10.8. The minimum absolute atomic E-state index is 0.00741. The van der Waals surface area contributed by atoms with Gasteiger partial charge in [0.05, 0.1) is 0 Å². The van der Waals surface area contributed by atoms with Crippen molar-refractivity contribution >= 4 is 15.9 Å². The summed E-state index contributed by atoms with van der Waals surface area (Å²) in [5.41, 5.74) is 4.61. The van der Waals surface area contributed by atoms with Crippen LogP contribution in [0.1, 0.15) is 43.0 Å². The number of aryl methyl sites for hydroxylation is 1. The number of hydrogen-bond acceptors (Lipinski definition) is 1. The Labute approximate surface area is 107 Å². The third kappa shape index (κ3) is 2.60. The zero-order chi connectivity index (χ0) is 12.5. The Hall–Kier alpha value is -0.500. The van der Waals surface area contributed by atoms with Gasteiger partial charge in [0.1, 0.15) is 5.75 Å². The van der Waals surface area contributed by atoms with Gasteiger partial charge in [-0.3, -0.25) is 0 Å². The molecule has 0 aliphatic rings. The molecule has 0 spiro atoms. The van der Waals surface area contributed by atoms with Gasteiger partial charge < -0.3 is 5.11 Å². The van der Waals surface area contributed by atoms with Crippen LogP contribution < -0.4 is 0 Å². The van der Waals surface area contributed by atoms with Crippen LogP contribution in [-0.4, -0.2) is 10.4 Å². The molecule has 1 rings (SSSR count). The summed E-state index contributed by atoms with van der Waals surface area (Å²) in [5, 5.41) is 11.2. The van der Waals surface area contributed by atoms with Crippen LogP contribution in [0, 0.1) is 13.8 Å². The predicted molar refractivity (Wildman–Crippen MR) is 73.8 cm³/mol. The van der Waals surface area contributed by atoms with Crippen LogP contribution in [0.5, 0.6) is 5.75 Å². The molecule has 0 heterocycles. The molecular formula is C14H21BrO. The van der Waals surface area contributed by atoms with E-state index in [0.29, 0.717) is 5.75 Å². The Morgan fingerprint density at radius 1 is 1.25 bits per heavy atom. The number of benzene rings is 1. The lowest BCUT2D eigenvalue weighted by molar-refractivity contribution is 0.441. The Bertz CT molecular complexity index is 389. The van der Waals surface area contributed by atoms with Crippen molar-refractivity contribution in [2.24, 2.45) is 0 Å². The number of aromatic hydroxyl groups is 1. The van der Waals surface area contributed by atoms with Crippen molar-refractivity contribution in [1.29, 1.82) is 0 Å². The highest BCUT2D eigenvalue weighted by atomic mass is 79.9. The van der Waals surface area contributed by atoms with Crippen molar-refractivity contribution in [3.05, 3.63) is 28.3 Å². The summed E-state index contributed by atoms with van der Waals surface area (Å²) in [6, 6.07) is 2.13. The SMILES string of the molecule is Cc1cc(C(C)(C)C)c(O)c(C)c1CCBr. The second-order valence-corrected chi connectivity index (χ2v) is 6.18. The van der Waals surface area contributed by atoms with Gasteiger partial charge in [-0.05, 0) is 47.9 Å². The summed E-state index contributed by atoms with van der Waals surface area (Å²) in [6.07, 6.45) is 0.968. The molecule has 0 unspecified atom stereocenters. The maximum absolute atomic E-state index is 10.2. The van der Waals surface area contributed by atoms with E-state index in [1.807, 2.05) is 6.92 Å². The largest absolute Gasteiger partial charge is 0.507 e. The third-order valence-corrected chi connectivity index (χ3v) is 3.45. The molecule has 0 fully saturated rings. The summed E-state index contributed by atoms with van der Waals surface area (Å²) in [5.74, 6) is 0.467. The maximum atomic E-state index is 10.2. The molecule has 90 valence electrons. The number of hydrogen-bond donors (Lipinski definition) is 1. The Balaban J connectivity index is 3.39. The minimum atomic E-state index is -0.00741. The van der Waals surface area contributed by atoms with E-state index >= 15 is 0 Å². The standard InChI is InChI=1S/C14H21BrO/c1-9-8-12(14(3,4)5)13(16)10(2)11(9)6-7-15/h8,16H,6-7H2,1-5H3. The summed E-state index contributed by atoms with van der Waals surface area (Å²) in [7, 11) is 0. The van der Waals surface area contributed by atoms with Crippen LogP contribution in [0.25, 0.3) is 0 Å². The van der Waals surface area contributed by atoms with E-state index in [2.05, 4.69) is 49.7 Å². The minimum Gasteiger partial charge on any atom is -0.507 e.